The summed E-state index contributed by atoms with van der Waals surface area (Å²) < 4.78 is 18.2. The van der Waals surface area contributed by atoms with Gasteiger partial charge in [-0.3, -0.25) is 10.2 Å². The Morgan fingerprint density at radius 3 is 2.48 bits per heavy atom. The zero-order chi connectivity index (χ0) is 21.0. The normalized spacial score (nSPS) is 16.4. The smallest absolute Gasteiger partial charge is 0.265 e. The van der Waals surface area contributed by atoms with Crippen molar-refractivity contribution in [3.63, 3.8) is 0 Å². The summed E-state index contributed by atoms with van der Waals surface area (Å²) >= 11 is 6.05. The van der Waals surface area contributed by atoms with E-state index in [0.717, 1.165) is 37.4 Å². The molecule has 1 heterocycles. The summed E-state index contributed by atoms with van der Waals surface area (Å²) in [4.78, 5) is 13.9. The number of carbonyl (C=O) groups excluding carboxylic acids is 1. The number of carbonyl (C=O) groups is 1. The van der Waals surface area contributed by atoms with Crippen molar-refractivity contribution in [2.45, 2.75) is 6.54 Å². The fourth-order valence-corrected chi connectivity index (χ4v) is 4.77. The van der Waals surface area contributed by atoms with E-state index in [4.69, 9.17) is 17.4 Å². The standard InChI is InChI=1S/C20H25ClFN5OS/c1-25-9-11-26(12-10-25)29(2)27(17-7-8-19(22)18(21)13-17)14-15-3-5-16(6-4-15)20(28)24-23/h3-8,13H,2,9-12,14,23H2,1H3,(H,24,28). The van der Waals surface area contributed by atoms with Crippen LogP contribution in [0.4, 0.5) is 10.1 Å². The number of anilines is 1. The third-order valence-corrected chi connectivity index (χ3v) is 6.98. The summed E-state index contributed by atoms with van der Waals surface area (Å²) in [5.74, 6) is 8.82. The molecule has 2 aromatic rings. The van der Waals surface area contributed by atoms with E-state index in [1.165, 1.54) is 6.07 Å². The van der Waals surface area contributed by atoms with Gasteiger partial charge in [-0.2, -0.15) is 0 Å². The molecular weight excluding hydrogens is 413 g/mol. The number of rotatable bonds is 6. The van der Waals surface area contributed by atoms with Crippen LogP contribution in [-0.4, -0.2) is 54.2 Å². The SMILES string of the molecule is C=S(N1CCN(C)CC1)N(Cc1ccc(C(=O)NN)cc1)c1ccc(F)c(Cl)c1. The minimum absolute atomic E-state index is 0.0813. The van der Waals surface area contributed by atoms with E-state index < -0.39 is 16.7 Å². The van der Waals surface area contributed by atoms with Crippen molar-refractivity contribution in [3.05, 3.63) is 64.4 Å². The Labute approximate surface area is 178 Å². The van der Waals surface area contributed by atoms with Crippen LogP contribution in [0.2, 0.25) is 5.02 Å². The summed E-state index contributed by atoms with van der Waals surface area (Å²) in [7, 11) is 1.62. The number of piperazine rings is 1. The molecule has 1 aliphatic rings. The molecule has 0 spiro atoms. The van der Waals surface area contributed by atoms with Crippen molar-refractivity contribution in [2.24, 2.45) is 5.84 Å². The van der Waals surface area contributed by atoms with Crippen LogP contribution in [0.25, 0.3) is 0 Å². The lowest BCUT2D eigenvalue weighted by Gasteiger charge is -2.39. The van der Waals surface area contributed by atoms with Gasteiger partial charge < -0.3 is 9.21 Å². The Bertz CT molecular complexity index is 887. The summed E-state index contributed by atoms with van der Waals surface area (Å²) in [5.41, 5.74) is 4.41. The lowest BCUT2D eigenvalue weighted by atomic mass is 10.1. The fraction of sp³-hybridized carbons (Fsp3) is 0.300. The number of nitrogens with one attached hydrogen (secondary N) is 1. The lowest BCUT2D eigenvalue weighted by molar-refractivity contribution is 0.0953. The van der Waals surface area contributed by atoms with Crippen molar-refractivity contribution >= 4 is 39.9 Å². The number of halogens is 2. The van der Waals surface area contributed by atoms with Crippen LogP contribution in [0.15, 0.2) is 42.5 Å². The maximum absolute atomic E-state index is 13.7. The molecule has 1 amide bonds. The van der Waals surface area contributed by atoms with Gasteiger partial charge in [0.15, 0.2) is 0 Å². The fourth-order valence-electron chi connectivity index (χ4n) is 3.08. The van der Waals surface area contributed by atoms with Crippen molar-refractivity contribution < 1.29 is 9.18 Å². The third-order valence-electron chi connectivity index (χ3n) is 4.88. The maximum atomic E-state index is 13.7. The van der Waals surface area contributed by atoms with Gasteiger partial charge in [-0.05, 0) is 59.7 Å². The third kappa shape index (κ3) is 5.34. The number of benzene rings is 2. The predicted molar refractivity (Wildman–Crippen MR) is 119 cm³/mol. The first-order valence-electron chi connectivity index (χ1n) is 9.19. The molecule has 6 nitrogen and oxygen atoms in total. The molecule has 1 saturated heterocycles. The van der Waals surface area contributed by atoms with Gasteiger partial charge in [-0.25, -0.2) is 14.5 Å². The second-order valence-electron chi connectivity index (χ2n) is 6.88. The molecule has 1 fully saturated rings. The van der Waals surface area contributed by atoms with E-state index in [1.807, 2.05) is 12.1 Å². The zero-order valence-corrected chi connectivity index (χ0v) is 17.8. The molecule has 3 N–H and O–H groups in total. The van der Waals surface area contributed by atoms with Gasteiger partial charge in [0, 0.05) is 37.4 Å². The number of nitrogen functional groups attached to an aromatic ring is 1. The molecule has 0 bridgehead atoms. The number of nitrogens with zero attached hydrogens (tertiary/aromatic N) is 3. The molecule has 1 unspecified atom stereocenters. The lowest BCUT2D eigenvalue weighted by Crippen LogP contribution is -2.43. The highest BCUT2D eigenvalue weighted by atomic mass is 35.5. The molecule has 3 rings (SSSR count). The maximum Gasteiger partial charge on any atom is 0.265 e. The van der Waals surface area contributed by atoms with E-state index in [2.05, 4.69) is 31.9 Å². The summed E-state index contributed by atoms with van der Waals surface area (Å²) in [6.45, 7) is 4.31. The van der Waals surface area contributed by atoms with Gasteiger partial charge in [0.2, 0.25) is 0 Å². The van der Waals surface area contributed by atoms with E-state index in [0.29, 0.717) is 12.1 Å². The molecule has 0 aliphatic carbocycles. The van der Waals surface area contributed by atoms with Crippen LogP contribution in [0.5, 0.6) is 0 Å². The number of hydrogen-bond acceptors (Lipinski definition) is 5. The van der Waals surface area contributed by atoms with Crippen molar-refractivity contribution in [1.29, 1.82) is 0 Å². The van der Waals surface area contributed by atoms with Crippen LogP contribution in [0.1, 0.15) is 15.9 Å². The van der Waals surface area contributed by atoms with Crippen molar-refractivity contribution in [2.75, 3.05) is 37.5 Å². The summed E-state index contributed by atoms with van der Waals surface area (Å²) in [5, 5.41) is 0.0813. The van der Waals surface area contributed by atoms with Crippen LogP contribution in [-0.2, 0) is 6.54 Å². The first-order valence-corrected chi connectivity index (χ1v) is 10.9. The average molecular weight is 438 g/mol. The Morgan fingerprint density at radius 1 is 1.24 bits per heavy atom. The van der Waals surface area contributed by atoms with Crippen LogP contribution in [0.3, 0.4) is 0 Å². The highest BCUT2D eigenvalue weighted by Crippen LogP contribution is 2.34. The van der Waals surface area contributed by atoms with Gasteiger partial charge in [0.05, 0.1) is 11.6 Å². The van der Waals surface area contributed by atoms with Gasteiger partial charge in [-0.15, -0.1) is 0 Å². The molecule has 0 saturated carbocycles. The topological polar surface area (TPSA) is 64.8 Å². The number of likely N-dealkylation sites (N-methyl/N-ethyl adjacent to an activating group) is 1. The van der Waals surface area contributed by atoms with E-state index in [9.17, 15) is 9.18 Å². The second kappa shape index (κ2) is 9.69. The quantitative estimate of drug-likeness (QED) is 0.315. The molecule has 0 radical (unpaired) electrons. The molecule has 29 heavy (non-hydrogen) atoms. The van der Waals surface area contributed by atoms with Crippen molar-refractivity contribution in [1.82, 2.24) is 14.6 Å². The zero-order valence-electron chi connectivity index (χ0n) is 16.3. The molecule has 1 atom stereocenters. The average Bonchev–Trinajstić information content (AvgIpc) is 2.74. The van der Waals surface area contributed by atoms with Gasteiger partial charge in [-0.1, -0.05) is 23.7 Å². The van der Waals surface area contributed by atoms with E-state index >= 15 is 0 Å². The minimum Gasteiger partial charge on any atom is -0.306 e. The Balaban J connectivity index is 1.87. The molecule has 2 aromatic carbocycles. The molecular formula is C20H25ClFN5OS. The first kappa shape index (κ1) is 21.7. The molecule has 0 aromatic heterocycles. The van der Waals surface area contributed by atoms with Crippen LogP contribution >= 0.6 is 22.5 Å². The second-order valence-corrected chi connectivity index (χ2v) is 8.92. The molecule has 1 aliphatic heterocycles. The summed E-state index contributed by atoms with van der Waals surface area (Å²) in [6.07, 6.45) is 0. The number of nitrogens with two attached hydrogens (primary N) is 1. The largest absolute Gasteiger partial charge is 0.306 e. The van der Waals surface area contributed by atoms with E-state index in [-0.39, 0.29) is 10.9 Å². The van der Waals surface area contributed by atoms with E-state index in [1.54, 1.807) is 24.3 Å². The highest BCUT2D eigenvalue weighted by molar-refractivity contribution is 8.13. The Morgan fingerprint density at radius 2 is 1.90 bits per heavy atom. The monoisotopic (exact) mass is 437 g/mol. The number of hydrazine groups is 1. The Hall–Kier alpha value is -1.97. The van der Waals surface area contributed by atoms with Crippen molar-refractivity contribution in [3.8, 4) is 0 Å². The molecule has 9 heteroatoms. The number of amides is 1. The number of hydrogen-bond donors (Lipinski definition) is 2. The van der Waals surface area contributed by atoms with Crippen LogP contribution in [0, 0.1) is 5.82 Å². The Kier molecular flexibility index (Phi) is 7.26. The van der Waals surface area contributed by atoms with Gasteiger partial charge >= 0.3 is 0 Å². The predicted octanol–water partition coefficient (Wildman–Crippen LogP) is 2.87. The van der Waals surface area contributed by atoms with Gasteiger partial charge in [0.1, 0.15) is 5.82 Å². The highest BCUT2D eigenvalue weighted by Gasteiger charge is 2.21. The van der Waals surface area contributed by atoms with Crippen LogP contribution < -0.4 is 15.6 Å². The molecule has 156 valence electrons. The first-order chi connectivity index (χ1) is 13.9. The minimum atomic E-state index is -0.482. The summed E-state index contributed by atoms with van der Waals surface area (Å²) in [6, 6.07) is 11.9. The van der Waals surface area contributed by atoms with Gasteiger partial charge in [0.25, 0.3) is 5.91 Å².